The zero-order valence-electron chi connectivity index (χ0n) is 24.4. The molecule has 0 aromatic carbocycles. The summed E-state index contributed by atoms with van der Waals surface area (Å²) in [5.74, 6) is 2.80. The average Bonchev–Trinajstić information content (AvgIpc) is 3.49. The van der Waals surface area contributed by atoms with Crippen LogP contribution in [0, 0.1) is 5.92 Å². The van der Waals surface area contributed by atoms with E-state index in [1.54, 1.807) is 11.0 Å². The predicted octanol–water partition coefficient (Wildman–Crippen LogP) is 7.14. The van der Waals surface area contributed by atoms with Crippen LogP contribution in [0.3, 0.4) is 0 Å². The smallest absolute Gasteiger partial charge is 0.258 e. The van der Waals surface area contributed by atoms with Crippen molar-refractivity contribution in [2.24, 2.45) is 10.9 Å². The van der Waals surface area contributed by atoms with E-state index in [1.165, 1.54) is 77.1 Å². The van der Waals surface area contributed by atoms with Gasteiger partial charge in [-0.3, -0.25) is 9.69 Å². The van der Waals surface area contributed by atoms with Crippen molar-refractivity contribution in [1.82, 2.24) is 14.8 Å². The summed E-state index contributed by atoms with van der Waals surface area (Å²) < 4.78 is 14.3. The van der Waals surface area contributed by atoms with Crippen molar-refractivity contribution in [3.63, 3.8) is 0 Å². The third kappa shape index (κ3) is 6.73. The molecule has 216 valence electrons. The van der Waals surface area contributed by atoms with Gasteiger partial charge in [0.2, 0.25) is 0 Å². The highest BCUT2D eigenvalue weighted by atomic mass is 19.1. The molecule has 2 aliphatic carbocycles. The maximum Gasteiger partial charge on any atom is 0.258 e. The molecule has 7 heteroatoms. The molecule has 1 atom stereocenters. The number of hydrogen-bond donors (Lipinski definition) is 1. The maximum absolute atomic E-state index is 14.3. The summed E-state index contributed by atoms with van der Waals surface area (Å²) in [5.41, 5.74) is 2.22. The Bertz CT molecular complexity index is 1130. The van der Waals surface area contributed by atoms with Crippen LogP contribution in [0.4, 0.5) is 10.2 Å². The molecule has 3 heterocycles. The van der Waals surface area contributed by atoms with Gasteiger partial charge in [0.25, 0.3) is 5.91 Å². The molecule has 2 aliphatic heterocycles. The fraction of sp³-hybridized carbons (Fsp3) is 0.606. The van der Waals surface area contributed by atoms with Gasteiger partial charge in [-0.15, -0.1) is 0 Å². The van der Waals surface area contributed by atoms with Crippen molar-refractivity contribution < 1.29 is 9.18 Å². The Morgan fingerprint density at radius 2 is 1.82 bits per heavy atom. The normalized spacial score (nSPS) is 25.0. The summed E-state index contributed by atoms with van der Waals surface area (Å²) >= 11 is 0. The highest BCUT2D eigenvalue weighted by Crippen LogP contribution is 2.33. The van der Waals surface area contributed by atoms with Crippen LogP contribution >= 0.6 is 0 Å². The lowest BCUT2D eigenvalue weighted by atomic mass is 9.87. The minimum absolute atomic E-state index is 0.0305. The van der Waals surface area contributed by atoms with Crippen molar-refractivity contribution in [2.45, 2.75) is 103 Å². The van der Waals surface area contributed by atoms with E-state index < -0.39 is 6.17 Å². The largest absolute Gasteiger partial charge is 0.325 e. The number of halogens is 1. The van der Waals surface area contributed by atoms with Gasteiger partial charge in [0, 0.05) is 24.4 Å². The number of allylic oxidation sites excluding steroid dienone is 1. The number of pyridine rings is 1. The number of piperidine rings is 1. The van der Waals surface area contributed by atoms with Gasteiger partial charge < -0.3 is 10.2 Å². The first kappa shape index (κ1) is 28.7. The first-order valence-corrected chi connectivity index (χ1v) is 15.5. The average molecular weight is 548 g/mol. The standard InChI is InChI=1S/C33H46FN5O/c1-4-26-20-30(23(2)34)33(40)39(29-12-8-9-13-29)32(26)37-24(3)36-31-15-14-28(21-35-31)27-16-18-38(19-17-27)22-25-10-6-5-7-11-25/h4,14-15,20-21,23,25,27,29H,3,5-13,16-19,22H2,1-2H3,(H,35,36)/b26-4-,37-32+. The number of anilines is 1. The number of likely N-dealkylation sites (tertiary alicyclic amines) is 1. The topological polar surface area (TPSA) is 60.8 Å². The molecule has 0 radical (unpaired) electrons. The zero-order chi connectivity index (χ0) is 28.1. The Hall–Kier alpha value is -2.80. The van der Waals surface area contributed by atoms with Crippen LogP contribution in [-0.4, -0.2) is 58.4 Å². The first-order valence-electron chi connectivity index (χ1n) is 15.5. The molecule has 0 bridgehead atoms. The fourth-order valence-electron chi connectivity index (χ4n) is 6.99. The summed E-state index contributed by atoms with van der Waals surface area (Å²) in [6, 6.07) is 4.19. The van der Waals surface area contributed by atoms with Crippen LogP contribution in [0.15, 0.2) is 59.0 Å². The van der Waals surface area contributed by atoms with E-state index in [4.69, 9.17) is 4.99 Å². The number of carbonyl (C=O) groups is 1. The summed E-state index contributed by atoms with van der Waals surface area (Å²) in [4.78, 5) is 27.1. The van der Waals surface area contributed by atoms with Crippen LogP contribution in [0.25, 0.3) is 0 Å². The molecule has 3 fully saturated rings. The number of aliphatic imine (C=N–C) groups is 1. The minimum Gasteiger partial charge on any atom is -0.325 e. The Labute approximate surface area is 239 Å². The summed E-state index contributed by atoms with van der Waals surface area (Å²) in [6.07, 6.45) is 17.5. The third-order valence-electron chi connectivity index (χ3n) is 9.29. The van der Waals surface area contributed by atoms with E-state index in [-0.39, 0.29) is 17.5 Å². The van der Waals surface area contributed by atoms with Gasteiger partial charge >= 0.3 is 0 Å². The van der Waals surface area contributed by atoms with Crippen LogP contribution in [0.2, 0.25) is 0 Å². The number of alkyl halides is 1. The first-order chi connectivity index (χ1) is 19.4. The molecule has 0 spiro atoms. The van der Waals surface area contributed by atoms with Crippen molar-refractivity contribution in [3.05, 3.63) is 59.6 Å². The molecule has 6 nitrogen and oxygen atoms in total. The molecule has 5 rings (SSSR count). The highest BCUT2D eigenvalue weighted by Gasteiger charge is 2.38. The van der Waals surface area contributed by atoms with E-state index in [0.29, 0.717) is 23.4 Å². The lowest BCUT2D eigenvalue weighted by Gasteiger charge is -2.35. The van der Waals surface area contributed by atoms with Gasteiger partial charge in [-0.05, 0) is 95.0 Å². The summed E-state index contributed by atoms with van der Waals surface area (Å²) in [6.45, 7) is 11.1. The number of aromatic nitrogens is 1. The lowest BCUT2D eigenvalue weighted by molar-refractivity contribution is -0.125. The molecule has 40 heavy (non-hydrogen) atoms. The minimum atomic E-state index is -1.33. The number of amidine groups is 1. The SMILES string of the molecule is C=C(/N=C1\C(=C/C)C=C(C(C)F)C(=O)N1C1CCCC1)Nc1ccc(C2CCN(CC3CCCCC3)CC2)cn1. The molecular weight excluding hydrogens is 501 g/mol. The number of nitrogens with zero attached hydrogens (tertiary/aromatic N) is 4. The number of amides is 1. The molecule has 2 saturated carbocycles. The number of carbonyl (C=O) groups excluding carboxylic acids is 1. The second-order valence-corrected chi connectivity index (χ2v) is 12.1. The molecule has 1 amide bonds. The second-order valence-electron chi connectivity index (χ2n) is 12.1. The van der Waals surface area contributed by atoms with Crippen molar-refractivity contribution >= 4 is 17.6 Å². The summed E-state index contributed by atoms with van der Waals surface area (Å²) in [5, 5.41) is 3.22. The number of nitrogens with one attached hydrogen (secondary N) is 1. The van der Waals surface area contributed by atoms with Gasteiger partial charge in [0.1, 0.15) is 23.6 Å². The van der Waals surface area contributed by atoms with Crippen molar-refractivity contribution in [1.29, 1.82) is 0 Å². The van der Waals surface area contributed by atoms with Crippen LogP contribution in [-0.2, 0) is 4.79 Å². The van der Waals surface area contributed by atoms with Crippen LogP contribution in [0.5, 0.6) is 0 Å². The van der Waals surface area contributed by atoms with E-state index in [9.17, 15) is 9.18 Å². The van der Waals surface area contributed by atoms with Gasteiger partial charge in [0.15, 0.2) is 0 Å². The Kier molecular flexibility index (Phi) is 9.51. The number of hydrogen-bond acceptors (Lipinski definition) is 5. The molecule has 1 unspecified atom stereocenters. The highest BCUT2D eigenvalue weighted by molar-refractivity contribution is 6.18. The molecule has 1 aromatic heterocycles. The number of rotatable bonds is 8. The van der Waals surface area contributed by atoms with E-state index in [2.05, 4.69) is 27.8 Å². The Morgan fingerprint density at radius 1 is 1.12 bits per heavy atom. The zero-order valence-corrected chi connectivity index (χ0v) is 24.4. The predicted molar refractivity (Wildman–Crippen MR) is 161 cm³/mol. The molecule has 1 aromatic rings. The van der Waals surface area contributed by atoms with Gasteiger partial charge in [-0.2, -0.15) is 0 Å². The molecule has 1 N–H and O–H groups in total. The van der Waals surface area contributed by atoms with Gasteiger partial charge in [-0.25, -0.2) is 14.4 Å². The van der Waals surface area contributed by atoms with E-state index in [1.807, 2.05) is 25.3 Å². The second kappa shape index (κ2) is 13.2. The van der Waals surface area contributed by atoms with Gasteiger partial charge in [0.05, 0.1) is 5.57 Å². The Balaban J connectivity index is 1.22. The quantitative estimate of drug-likeness (QED) is 0.376. The van der Waals surface area contributed by atoms with Gasteiger partial charge in [-0.1, -0.05) is 50.8 Å². The summed E-state index contributed by atoms with van der Waals surface area (Å²) in [7, 11) is 0. The maximum atomic E-state index is 14.3. The van der Waals surface area contributed by atoms with Crippen molar-refractivity contribution in [2.75, 3.05) is 25.0 Å². The molecule has 4 aliphatic rings. The Morgan fingerprint density at radius 3 is 2.45 bits per heavy atom. The van der Waals surface area contributed by atoms with E-state index in [0.717, 1.165) is 37.2 Å². The van der Waals surface area contributed by atoms with E-state index >= 15 is 0 Å². The van der Waals surface area contributed by atoms with Crippen LogP contribution < -0.4 is 5.32 Å². The lowest BCUT2D eigenvalue weighted by Crippen LogP contribution is -2.48. The van der Waals surface area contributed by atoms with Crippen LogP contribution in [0.1, 0.15) is 96.0 Å². The third-order valence-corrected chi connectivity index (χ3v) is 9.29. The fourth-order valence-corrected chi connectivity index (χ4v) is 6.99. The monoisotopic (exact) mass is 547 g/mol. The molecular formula is C33H46FN5O. The molecule has 1 saturated heterocycles. The van der Waals surface area contributed by atoms with Crippen molar-refractivity contribution in [3.8, 4) is 0 Å².